The summed E-state index contributed by atoms with van der Waals surface area (Å²) in [4.78, 5) is 17.9. The molecular formula is C13H19N3O2. The van der Waals surface area contributed by atoms with Crippen molar-refractivity contribution >= 4 is 5.91 Å². The van der Waals surface area contributed by atoms with Crippen LogP contribution in [0.15, 0.2) is 18.5 Å². The number of rotatable bonds is 2. The third-order valence-electron chi connectivity index (χ3n) is 3.38. The molecule has 2 rings (SSSR count). The summed E-state index contributed by atoms with van der Waals surface area (Å²) >= 11 is 0. The third-order valence-corrected chi connectivity index (χ3v) is 3.38. The Balaban J connectivity index is 2.07. The summed E-state index contributed by atoms with van der Waals surface area (Å²) in [6, 6.07) is 1.72. The van der Waals surface area contributed by atoms with Gasteiger partial charge in [-0.15, -0.1) is 0 Å². The first kappa shape index (κ1) is 12.8. The molecule has 1 unspecified atom stereocenters. The fraction of sp³-hybridized carbons (Fsp3) is 0.538. The maximum atomic E-state index is 12.3. The molecule has 0 saturated carbocycles. The van der Waals surface area contributed by atoms with E-state index in [0.29, 0.717) is 5.56 Å². The van der Waals surface area contributed by atoms with Crippen molar-refractivity contribution in [1.82, 2.24) is 15.2 Å². The van der Waals surface area contributed by atoms with E-state index in [1.807, 2.05) is 7.05 Å². The zero-order valence-corrected chi connectivity index (χ0v) is 10.6. The van der Waals surface area contributed by atoms with Gasteiger partial charge in [0, 0.05) is 19.3 Å². The van der Waals surface area contributed by atoms with Gasteiger partial charge < -0.3 is 15.3 Å². The third kappa shape index (κ3) is 2.98. The molecule has 5 nitrogen and oxygen atoms in total. The summed E-state index contributed by atoms with van der Waals surface area (Å²) in [5.74, 6) is -0.0536. The highest BCUT2D eigenvalue weighted by Crippen LogP contribution is 2.16. The van der Waals surface area contributed by atoms with Crippen molar-refractivity contribution in [1.29, 1.82) is 0 Å². The van der Waals surface area contributed by atoms with Crippen LogP contribution in [0.2, 0.25) is 0 Å². The van der Waals surface area contributed by atoms with Crippen LogP contribution >= 0.6 is 0 Å². The summed E-state index contributed by atoms with van der Waals surface area (Å²) in [7, 11) is 1.82. The van der Waals surface area contributed by atoms with E-state index < -0.39 is 0 Å². The molecule has 5 heteroatoms. The Morgan fingerprint density at radius 3 is 3.06 bits per heavy atom. The highest BCUT2D eigenvalue weighted by atomic mass is 16.3. The quantitative estimate of drug-likeness (QED) is 0.820. The van der Waals surface area contributed by atoms with Crippen LogP contribution in [0.1, 0.15) is 29.6 Å². The molecule has 2 heterocycles. The van der Waals surface area contributed by atoms with Crippen LogP contribution in [0.4, 0.5) is 0 Å². The fourth-order valence-electron chi connectivity index (χ4n) is 2.30. The molecule has 98 valence electrons. The lowest BCUT2D eigenvalue weighted by molar-refractivity contribution is 0.0719. The monoisotopic (exact) mass is 249 g/mol. The molecule has 1 aromatic rings. The van der Waals surface area contributed by atoms with Gasteiger partial charge in [-0.25, -0.2) is 0 Å². The van der Waals surface area contributed by atoms with Crippen LogP contribution in [0.3, 0.4) is 0 Å². The molecule has 1 aromatic heterocycles. The van der Waals surface area contributed by atoms with Crippen molar-refractivity contribution < 1.29 is 9.90 Å². The van der Waals surface area contributed by atoms with E-state index in [1.165, 1.54) is 18.5 Å². The number of carbonyl (C=O) groups is 1. The number of carbonyl (C=O) groups excluding carboxylic acids is 1. The highest BCUT2D eigenvalue weighted by Gasteiger charge is 2.22. The van der Waals surface area contributed by atoms with Gasteiger partial charge in [0.2, 0.25) is 0 Å². The first-order valence-electron chi connectivity index (χ1n) is 6.30. The van der Waals surface area contributed by atoms with Crippen molar-refractivity contribution in [3.63, 3.8) is 0 Å². The molecule has 18 heavy (non-hydrogen) atoms. The number of pyridine rings is 1. The Kier molecular flexibility index (Phi) is 4.15. The lowest BCUT2D eigenvalue weighted by Crippen LogP contribution is -2.37. The van der Waals surface area contributed by atoms with Gasteiger partial charge in [-0.05, 0) is 38.4 Å². The summed E-state index contributed by atoms with van der Waals surface area (Å²) in [6.07, 6.45) is 5.89. The number of aromatic hydroxyl groups is 1. The molecule has 0 radical (unpaired) electrons. The van der Waals surface area contributed by atoms with E-state index in [-0.39, 0.29) is 17.7 Å². The van der Waals surface area contributed by atoms with Gasteiger partial charge in [-0.3, -0.25) is 9.78 Å². The Morgan fingerprint density at radius 1 is 1.44 bits per heavy atom. The standard InChI is InChI=1S/C13H19N3O2/c1-16(11-3-2-5-14-6-4-11)13(18)10-7-12(17)9-15-8-10/h7-9,11,14,17H,2-6H2,1H3. The van der Waals surface area contributed by atoms with E-state index in [0.717, 1.165) is 32.4 Å². The van der Waals surface area contributed by atoms with Gasteiger partial charge in [-0.1, -0.05) is 0 Å². The second-order valence-electron chi connectivity index (χ2n) is 4.68. The minimum Gasteiger partial charge on any atom is -0.506 e. The van der Waals surface area contributed by atoms with Gasteiger partial charge in [-0.2, -0.15) is 0 Å². The molecule has 0 aliphatic carbocycles. The Bertz CT molecular complexity index is 414. The summed E-state index contributed by atoms with van der Waals surface area (Å²) < 4.78 is 0. The highest BCUT2D eigenvalue weighted by molar-refractivity contribution is 5.94. The molecule has 0 aromatic carbocycles. The van der Waals surface area contributed by atoms with Gasteiger partial charge in [0.1, 0.15) is 5.75 Å². The zero-order valence-electron chi connectivity index (χ0n) is 10.6. The SMILES string of the molecule is CN(C(=O)c1cncc(O)c1)C1CCCNCC1. The van der Waals surface area contributed by atoms with Crippen molar-refractivity contribution in [2.24, 2.45) is 0 Å². The molecule has 1 aliphatic rings. The molecule has 1 amide bonds. The number of amides is 1. The van der Waals surface area contributed by atoms with E-state index in [9.17, 15) is 9.90 Å². The molecule has 1 saturated heterocycles. The summed E-state index contributed by atoms with van der Waals surface area (Å²) in [5, 5.41) is 12.7. The van der Waals surface area contributed by atoms with E-state index in [2.05, 4.69) is 10.3 Å². The largest absolute Gasteiger partial charge is 0.506 e. The summed E-state index contributed by atoms with van der Waals surface area (Å²) in [6.45, 7) is 1.97. The minimum atomic E-state index is -0.0784. The fourth-order valence-corrected chi connectivity index (χ4v) is 2.30. The number of nitrogens with one attached hydrogen (secondary N) is 1. The molecule has 1 aliphatic heterocycles. The predicted molar refractivity (Wildman–Crippen MR) is 68.5 cm³/mol. The lowest BCUT2D eigenvalue weighted by Gasteiger charge is -2.27. The van der Waals surface area contributed by atoms with Gasteiger partial charge in [0.25, 0.3) is 5.91 Å². The molecule has 1 fully saturated rings. The normalized spacial score (nSPS) is 20.2. The Labute approximate surface area is 107 Å². The van der Waals surface area contributed by atoms with Crippen LogP contribution in [0.5, 0.6) is 5.75 Å². The van der Waals surface area contributed by atoms with Crippen LogP contribution in [-0.2, 0) is 0 Å². The molecule has 2 N–H and O–H groups in total. The molecule has 0 spiro atoms. The Hall–Kier alpha value is -1.62. The van der Waals surface area contributed by atoms with E-state index in [1.54, 1.807) is 4.90 Å². The minimum absolute atomic E-state index is 0.0248. The van der Waals surface area contributed by atoms with Crippen molar-refractivity contribution in [3.05, 3.63) is 24.0 Å². The van der Waals surface area contributed by atoms with Crippen LogP contribution in [-0.4, -0.2) is 47.1 Å². The number of hydrogen-bond donors (Lipinski definition) is 2. The lowest BCUT2D eigenvalue weighted by atomic mass is 10.1. The average Bonchev–Trinajstić information content (AvgIpc) is 2.66. The van der Waals surface area contributed by atoms with E-state index >= 15 is 0 Å². The van der Waals surface area contributed by atoms with Crippen LogP contribution in [0, 0.1) is 0 Å². The van der Waals surface area contributed by atoms with Crippen LogP contribution in [0.25, 0.3) is 0 Å². The molecule has 0 bridgehead atoms. The second-order valence-corrected chi connectivity index (χ2v) is 4.68. The van der Waals surface area contributed by atoms with Crippen molar-refractivity contribution in [2.75, 3.05) is 20.1 Å². The Morgan fingerprint density at radius 2 is 2.28 bits per heavy atom. The second kappa shape index (κ2) is 5.82. The van der Waals surface area contributed by atoms with Gasteiger partial charge in [0.15, 0.2) is 0 Å². The first-order chi connectivity index (χ1) is 8.68. The van der Waals surface area contributed by atoms with Crippen LogP contribution < -0.4 is 5.32 Å². The van der Waals surface area contributed by atoms with Crippen molar-refractivity contribution in [3.8, 4) is 5.75 Å². The van der Waals surface area contributed by atoms with Gasteiger partial charge >= 0.3 is 0 Å². The smallest absolute Gasteiger partial charge is 0.255 e. The first-order valence-corrected chi connectivity index (χ1v) is 6.30. The zero-order chi connectivity index (χ0) is 13.0. The number of aromatic nitrogens is 1. The maximum absolute atomic E-state index is 12.3. The van der Waals surface area contributed by atoms with Gasteiger partial charge in [0.05, 0.1) is 11.8 Å². The maximum Gasteiger partial charge on any atom is 0.255 e. The summed E-state index contributed by atoms with van der Waals surface area (Å²) in [5.41, 5.74) is 0.440. The number of hydrogen-bond acceptors (Lipinski definition) is 4. The van der Waals surface area contributed by atoms with E-state index in [4.69, 9.17) is 0 Å². The number of nitrogens with zero attached hydrogens (tertiary/aromatic N) is 2. The predicted octanol–water partition coefficient (Wildman–Crippen LogP) is 1.00. The molecule has 1 atom stereocenters. The average molecular weight is 249 g/mol. The topological polar surface area (TPSA) is 65.5 Å². The van der Waals surface area contributed by atoms with Crippen molar-refractivity contribution in [2.45, 2.75) is 25.3 Å². The molecular weight excluding hydrogens is 230 g/mol.